The molecular formula is C16H27N3S. The van der Waals surface area contributed by atoms with Crippen LogP contribution < -0.4 is 10.6 Å². The minimum absolute atomic E-state index is 0.354. The third kappa shape index (κ3) is 5.47. The largest absolute Gasteiger partial charge is 0.363 e. The van der Waals surface area contributed by atoms with E-state index in [9.17, 15) is 0 Å². The van der Waals surface area contributed by atoms with Crippen LogP contribution in [-0.2, 0) is 0 Å². The second kappa shape index (κ2) is 9.72. The van der Waals surface area contributed by atoms with Gasteiger partial charge in [0.2, 0.25) is 0 Å². The number of rotatable bonds is 8. The highest BCUT2D eigenvalue weighted by Gasteiger charge is 2.17. The number of thiocarbonyl (C=S) groups is 1. The Bertz CT molecular complexity index is 377. The smallest absolute Gasteiger partial charge is 0.166 e. The Morgan fingerprint density at radius 3 is 2.30 bits per heavy atom. The number of hydrogen-bond acceptors (Lipinski definition) is 2. The molecule has 4 heteroatoms. The maximum Gasteiger partial charge on any atom is 0.166 e. The number of nitrogens with one attached hydrogen (secondary N) is 2. The molecule has 1 aromatic rings. The molecule has 0 aliphatic carbocycles. The van der Waals surface area contributed by atoms with Gasteiger partial charge in [-0.25, -0.2) is 0 Å². The van der Waals surface area contributed by atoms with Gasteiger partial charge in [-0.1, -0.05) is 51.1 Å². The first-order valence-corrected chi connectivity index (χ1v) is 7.94. The van der Waals surface area contributed by atoms with Gasteiger partial charge in [-0.05, 0) is 37.3 Å². The van der Waals surface area contributed by atoms with Crippen LogP contribution in [0.25, 0.3) is 0 Å². The lowest BCUT2D eigenvalue weighted by Crippen LogP contribution is -2.42. The molecule has 0 aliphatic heterocycles. The fraction of sp³-hybridized carbons (Fsp3) is 0.562. The number of likely N-dealkylation sites (N-methyl/N-ethyl adjacent to an activating group) is 1. The Hall–Kier alpha value is -1.13. The molecule has 0 amide bonds. The molecule has 3 nitrogen and oxygen atoms in total. The quantitative estimate of drug-likeness (QED) is 0.721. The maximum absolute atomic E-state index is 5.31. The van der Waals surface area contributed by atoms with Crippen molar-refractivity contribution in [2.75, 3.05) is 26.2 Å². The minimum atomic E-state index is 0.354. The van der Waals surface area contributed by atoms with E-state index in [0.717, 1.165) is 37.7 Å². The zero-order valence-electron chi connectivity index (χ0n) is 12.9. The van der Waals surface area contributed by atoms with E-state index in [1.165, 1.54) is 5.56 Å². The van der Waals surface area contributed by atoms with Gasteiger partial charge < -0.3 is 10.6 Å². The van der Waals surface area contributed by atoms with Crippen molar-refractivity contribution in [2.24, 2.45) is 0 Å². The summed E-state index contributed by atoms with van der Waals surface area (Å²) in [6, 6.07) is 11.0. The van der Waals surface area contributed by atoms with E-state index in [-0.39, 0.29) is 0 Å². The van der Waals surface area contributed by atoms with E-state index < -0.39 is 0 Å². The van der Waals surface area contributed by atoms with Gasteiger partial charge in [-0.15, -0.1) is 0 Å². The molecule has 20 heavy (non-hydrogen) atoms. The van der Waals surface area contributed by atoms with Crippen LogP contribution in [0.3, 0.4) is 0 Å². The highest BCUT2D eigenvalue weighted by molar-refractivity contribution is 7.80. The van der Waals surface area contributed by atoms with Crippen molar-refractivity contribution >= 4 is 17.3 Å². The van der Waals surface area contributed by atoms with Crippen LogP contribution in [-0.4, -0.2) is 36.2 Å². The summed E-state index contributed by atoms with van der Waals surface area (Å²) in [5.41, 5.74) is 1.34. The molecule has 0 spiro atoms. The van der Waals surface area contributed by atoms with Gasteiger partial charge in [0.15, 0.2) is 5.11 Å². The standard InChI is InChI=1S/C16H27N3S/c1-4-12-17-16(20)18-13-15(19(5-2)6-3)14-10-8-7-9-11-14/h7-11,15H,4-6,12-13H2,1-3H3,(H2,17,18,20). The molecule has 0 saturated carbocycles. The molecule has 0 fully saturated rings. The minimum Gasteiger partial charge on any atom is -0.363 e. The molecule has 0 bridgehead atoms. The van der Waals surface area contributed by atoms with Gasteiger partial charge in [0.1, 0.15) is 0 Å². The Balaban J connectivity index is 2.66. The summed E-state index contributed by atoms with van der Waals surface area (Å²) >= 11 is 5.31. The molecule has 112 valence electrons. The summed E-state index contributed by atoms with van der Waals surface area (Å²) in [6.07, 6.45) is 1.08. The van der Waals surface area contributed by atoms with Gasteiger partial charge >= 0.3 is 0 Å². The molecule has 0 saturated heterocycles. The first-order chi connectivity index (χ1) is 9.72. The van der Waals surface area contributed by atoms with Crippen molar-refractivity contribution in [3.63, 3.8) is 0 Å². The molecule has 2 N–H and O–H groups in total. The second-order valence-electron chi connectivity index (χ2n) is 4.78. The molecule has 0 aliphatic rings. The molecule has 0 radical (unpaired) electrons. The van der Waals surface area contributed by atoms with Crippen molar-refractivity contribution in [3.8, 4) is 0 Å². The van der Waals surface area contributed by atoms with Crippen LogP contribution in [0.1, 0.15) is 38.8 Å². The predicted octanol–water partition coefficient (Wildman–Crippen LogP) is 2.94. The molecule has 1 aromatic carbocycles. The van der Waals surface area contributed by atoms with Crippen molar-refractivity contribution in [1.29, 1.82) is 0 Å². The van der Waals surface area contributed by atoms with Crippen molar-refractivity contribution in [1.82, 2.24) is 15.5 Å². The summed E-state index contributed by atoms with van der Waals surface area (Å²) < 4.78 is 0. The first kappa shape index (κ1) is 16.9. The van der Waals surface area contributed by atoms with Crippen molar-refractivity contribution in [3.05, 3.63) is 35.9 Å². The van der Waals surface area contributed by atoms with Gasteiger partial charge in [-0.3, -0.25) is 4.90 Å². The monoisotopic (exact) mass is 293 g/mol. The highest BCUT2D eigenvalue weighted by atomic mass is 32.1. The highest BCUT2D eigenvalue weighted by Crippen LogP contribution is 2.19. The first-order valence-electron chi connectivity index (χ1n) is 7.53. The average molecular weight is 293 g/mol. The maximum atomic E-state index is 5.31. The number of benzene rings is 1. The molecule has 1 atom stereocenters. The fourth-order valence-electron chi connectivity index (χ4n) is 2.29. The molecule has 1 rings (SSSR count). The van der Waals surface area contributed by atoms with Crippen LogP contribution in [0.5, 0.6) is 0 Å². The topological polar surface area (TPSA) is 27.3 Å². The van der Waals surface area contributed by atoms with E-state index >= 15 is 0 Å². The van der Waals surface area contributed by atoms with Crippen LogP contribution in [0.4, 0.5) is 0 Å². The van der Waals surface area contributed by atoms with Gasteiger partial charge in [0, 0.05) is 13.1 Å². The lowest BCUT2D eigenvalue weighted by atomic mass is 10.1. The lowest BCUT2D eigenvalue weighted by molar-refractivity contribution is 0.219. The summed E-state index contributed by atoms with van der Waals surface area (Å²) in [4.78, 5) is 2.45. The van der Waals surface area contributed by atoms with E-state index in [2.05, 4.69) is 66.6 Å². The average Bonchev–Trinajstić information content (AvgIpc) is 2.50. The molecule has 0 aromatic heterocycles. The summed E-state index contributed by atoms with van der Waals surface area (Å²) in [5, 5.41) is 7.31. The normalized spacial score (nSPS) is 12.2. The third-order valence-electron chi connectivity index (χ3n) is 3.43. The predicted molar refractivity (Wildman–Crippen MR) is 91.0 cm³/mol. The second-order valence-corrected chi connectivity index (χ2v) is 5.19. The van der Waals surface area contributed by atoms with Crippen LogP contribution in [0, 0.1) is 0 Å². The van der Waals surface area contributed by atoms with E-state index in [1.54, 1.807) is 0 Å². The van der Waals surface area contributed by atoms with E-state index in [4.69, 9.17) is 12.2 Å². The van der Waals surface area contributed by atoms with Crippen molar-refractivity contribution < 1.29 is 0 Å². The van der Waals surface area contributed by atoms with Crippen LogP contribution >= 0.6 is 12.2 Å². The Kier molecular flexibility index (Phi) is 8.23. The number of hydrogen-bond donors (Lipinski definition) is 2. The molecule has 0 heterocycles. The SMILES string of the molecule is CCCNC(=S)NCC(c1ccccc1)N(CC)CC. The molecule has 1 unspecified atom stereocenters. The van der Waals surface area contributed by atoms with Gasteiger partial charge in [0.25, 0.3) is 0 Å². The van der Waals surface area contributed by atoms with Gasteiger partial charge in [0.05, 0.1) is 6.04 Å². The number of nitrogens with zero attached hydrogens (tertiary/aromatic N) is 1. The van der Waals surface area contributed by atoms with E-state index in [0.29, 0.717) is 6.04 Å². The summed E-state index contributed by atoms with van der Waals surface area (Å²) in [6.45, 7) is 10.4. The Morgan fingerprint density at radius 1 is 1.10 bits per heavy atom. The van der Waals surface area contributed by atoms with Crippen molar-refractivity contribution in [2.45, 2.75) is 33.2 Å². The van der Waals surface area contributed by atoms with E-state index in [1.807, 2.05) is 0 Å². The lowest BCUT2D eigenvalue weighted by Gasteiger charge is -2.30. The third-order valence-corrected chi connectivity index (χ3v) is 3.72. The summed E-state index contributed by atoms with van der Waals surface area (Å²) in [7, 11) is 0. The Labute approximate surface area is 128 Å². The Morgan fingerprint density at radius 2 is 1.75 bits per heavy atom. The molecular weight excluding hydrogens is 266 g/mol. The van der Waals surface area contributed by atoms with Gasteiger partial charge in [-0.2, -0.15) is 0 Å². The fourth-order valence-corrected chi connectivity index (χ4v) is 2.47. The zero-order valence-corrected chi connectivity index (χ0v) is 13.7. The summed E-state index contributed by atoms with van der Waals surface area (Å²) in [5.74, 6) is 0. The van der Waals surface area contributed by atoms with Crippen LogP contribution in [0.15, 0.2) is 30.3 Å². The van der Waals surface area contributed by atoms with Crippen LogP contribution in [0.2, 0.25) is 0 Å². The zero-order chi connectivity index (χ0) is 14.8.